The highest BCUT2D eigenvalue weighted by molar-refractivity contribution is 14.1. The minimum Gasteiger partial charge on any atom is -0.269 e. The molecule has 0 aromatic heterocycles. The Kier molecular flexibility index (Phi) is 4.37. The SMILES string of the molecule is C#CN(Cc1ccccc1I)C(=O)C=C. The van der Waals surface area contributed by atoms with Crippen molar-refractivity contribution in [2.45, 2.75) is 6.54 Å². The second-order valence-electron chi connectivity index (χ2n) is 2.85. The van der Waals surface area contributed by atoms with Gasteiger partial charge in [0.15, 0.2) is 0 Å². The van der Waals surface area contributed by atoms with Gasteiger partial charge in [-0.1, -0.05) is 31.2 Å². The summed E-state index contributed by atoms with van der Waals surface area (Å²) >= 11 is 2.21. The van der Waals surface area contributed by atoms with Crippen LogP contribution >= 0.6 is 22.6 Å². The summed E-state index contributed by atoms with van der Waals surface area (Å²) < 4.78 is 1.09. The van der Waals surface area contributed by atoms with E-state index in [0.29, 0.717) is 6.54 Å². The Morgan fingerprint density at radius 2 is 2.27 bits per heavy atom. The minimum atomic E-state index is -0.253. The fourth-order valence-electron chi connectivity index (χ4n) is 1.09. The molecule has 15 heavy (non-hydrogen) atoms. The van der Waals surface area contributed by atoms with Gasteiger partial charge in [0.2, 0.25) is 0 Å². The Balaban J connectivity index is 2.86. The smallest absolute Gasteiger partial charge is 0.257 e. The first-order chi connectivity index (χ1) is 7.19. The zero-order valence-electron chi connectivity index (χ0n) is 8.11. The number of amides is 1. The van der Waals surface area contributed by atoms with Gasteiger partial charge in [-0.2, -0.15) is 0 Å². The van der Waals surface area contributed by atoms with Crippen molar-refractivity contribution in [1.29, 1.82) is 0 Å². The summed E-state index contributed by atoms with van der Waals surface area (Å²) in [6.07, 6.45) is 6.47. The molecule has 0 aliphatic rings. The number of carbonyl (C=O) groups is 1. The van der Waals surface area contributed by atoms with E-state index in [-0.39, 0.29) is 5.91 Å². The van der Waals surface area contributed by atoms with Crippen molar-refractivity contribution in [3.8, 4) is 12.5 Å². The fourth-order valence-corrected chi connectivity index (χ4v) is 1.65. The lowest BCUT2D eigenvalue weighted by Crippen LogP contribution is -2.23. The summed E-state index contributed by atoms with van der Waals surface area (Å²) in [6, 6.07) is 10.1. The van der Waals surface area contributed by atoms with Gasteiger partial charge >= 0.3 is 0 Å². The van der Waals surface area contributed by atoms with Crippen LogP contribution in [-0.4, -0.2) is 10.8 Å². The predicted octanol–water partition coefficient (Wildman–Crippen LogP) is 2.40. The van der Waals surface area contributed by atoms with Crippen LogP contribution in [-0.2, 0) is 11.3 Å². The third-order valence-electron chi connectivity index (χ3n) is 1.88. The Morgan fingerprint density at radius 1 is 1.60 bits per heavy atom. The van der Waals surface area contributed by atoms with Gasteiger partial charge in [0.1, 0.15) is 0 Å². The number of rotatable bonds is 3. The molecule has 1 rings (SSSR count). The minimum absolute atomic E-state index is 0.253. The van der Waals surface area contributed by atoms with E-state index >= 15 is 0 Å². The Bertz CT molecular complexity index is 420. The van der Waals surface area contributed by atoms with Crippen molar-refractivity contribution in [2.24, 2.45) is 0 Å². The molecule has 0 saturated carbocycles. The first-order valence-electron chi connectivity index (χ1n) is 4.32. The highest BCUT2D eigenvalue weighted by Gasteiger charge is 2.09. The van der Waals surface area contributed by atoms with E-state index in [1.165, 1.54) is 11.0 Å². The molecule has 0 unspecified atom stereocenters. The van der Waals surface area contributed by atoms with E-state index in [1.54, 1.807) is 0 Å². The van der Waals surface area contributed by atoms with Crippen molar-refractivity contribution in [3.05, 3.63) is 46.1 Å². The van der Waals surface area contributed by atoms with Crippen molar-refractivity contribution in [2.75, 3.05) is 0 Å². The summed E-state index contributed by atoms with van der Waals surface area (Å²) in [4.78, 5) is 12.6. The molecule has 0 aliphatic heterocycles. The number of benzene rings is 1. The molecule has 0 heterocycles. The molecule has 2 nitrogen and oxygen atoms in total. The second kappa shape index (κ2) is 5.56. The number of hydrogen-bond acceptors (Lipinski definition) is 1. The summed E-state index contributed by atoms with van der Waals surface area (Å²) in [6.45, 7) is 3.82. The molecule has 0 fully saturated rings. The number of terminal acetylenes is 1. The van der Waals surface area contributed by atoms with Gasteiger partial charge in [-0.3, -0.25) is 9.69 Å². The quantitative estimate of drug-likeness (QED) is 0.363. The van der Waals surface area contributed by atoms with E-state index in [9.17, 15) is 4.79 Å². The molecule has 0 N–H and O–H groups in total. The first-order valence-corrected chi connectivity index (χ1v) is 5.40. The molecule has 0 spiro atoms. The van der Waals surface area contributed by atoms with Crippen LogP contribution < -0.4 is 0 Å². The van der Waals surface area contributed by atoms with E-state index in [2.05, 4.69) is 35.2 Å². The standard InChI is InChI=1S/C12H10INO/c1-3-12(15)14(4-2)9-10-7-5-6-8-11(10)13/h2-3,5-8H,1,9H2. The zero-order chi connectivity index (χ0) is 11.3. The van der Waals surface area contributed by atoms with Crippen LogP contribution in [0.2, 0.25) is 0 Å². The van der Waals surface area contributed by atoms with Crippen molar-refractivity contribution in [1.82, 2.24) is 4.90 Å². The lowest BCUT2D eigenvalue weighted by molar-refractivity contribution is -0.123. The first kappa shape index (κ1) is 11.8. The van der Waals surface area contributed by atoms with Gasteiger partial charge in [-0.05, 0) is 40.3 Å². The molecule has 0 aliphatic carbocycles. The average molecular weight is 311 g/mol. The number of halogens is 1. The number of hydrogen-bond donors (Lipinski definition) is 0. The van der Waals surface area contributed by atoms with Crippen LogP contribution in [0, 0.1) is 16.0 Å². The maximum atomic E-state index is 11.3. The predicted molar refractivity (Wildman–Crippen MR) is 68.7 cm³/mol. The van der Waals surface area contributed by atoms with Crippen molar-refractivity contribution in [3.63, 3.8) is 0 Å². The summed E-state index contributed by atoms with van der Waals surface area (Å²) in [7, 11) is 0. The summed E-state index contributed by atoms with van der Waals surface area (Å²) in [5.41, 5.74) is 1.03. The van der Waals surface area contributed by atoms with E-state index < -0.39 is 0 Å². The molecule has 1 amide bonds. The molecule has 1 aromatic carbocycles. The van der Waals surface area contributed by atoms with Crippen LogP contribution in [0.15, 0.2) is 36.9 Å². The van der Waals surface area contributed by atoms with Gasteiger partial charge in [0.25, 0.3) is 5.91 Å². The van der Waals surface area contributed by atoms with Crippen LogP contribution in [0.25, 0.3) is 0 Å². The lowest BCUT2D eigenvalue weighted by Gasteiger charge is -2.14. The highest BCUT2D eigenvalue weighted by Crippen LogP contribution is 2.13. The third kappa shape index (κ3) is 3.10. The zero-order valence-corrected chi connectivity index (χ0v) is 10.3. The topological polar surface area (TPSA) is 20.3 Å². The van der Waals surface area contributed by atoms with Gasteiger partial charge in [-0.25, -0.2) is 0 Å². The van der Waals surface area contributed by atoms with Gasteiger partial charge in [-0.15, -0.1) is 0 Å². The maximum Gasteiger partial charge on any atom is 0.257 e. The molecule has 0 bridgehead atoms. The molecular formula is C12H10INO. The number of nitrogens with zero attached hydrogens (tertiary/aromatic N) is 1. The summed E-state index contributed by atoms with van der Waals surface area (Å²) in [5, 5.41) is 0. The van der Waals surface area contributed by atoms with Gasteiger partial charge in [0.05, 0.1) is 6.54 Å². The molecule has 0 radical (unpaired) electrons. The second-order valence-corrected chi connectivity index (χ2v) is 4.01. The van der Waals surface area contributed by atoms with Crippen LogP contribution in [0.1, 0.15) is 5.56 Å². The van der Waals surface area contributed by atoms with E-state index in [1.807, 2.05) is 24.3 Å². The Morgan fingerprint density at radius 3 is 2.80 bits per heavy atom. The monoisotopic (exact) mass is 311 g/mol. The van der Waals surface area contributed by atoms with E-state index in [4.69, 9.17) is 6.42 Å². The summed E-state index contributed by atoms with van der Waals surface area (Å²) in [5.74, 6) is -0.253. The third-order valence-corrected chi connectivity index (χ3v) is 2.94. The number of carbonyl (C=O) groups excluding carboxylic acids is 1. The molecule has 0 saturated heterocycles. The van der Waals surface area contributed by atoms with E-state index in [0.717, 1.165) is 9.13 Å². The van der Waals surface area contributed by atoms with Gasteiger partial charge < -0.3 is 0 Å². The maximum absolute atomic E-state index is 11.3. The largest absolute Gasteiger partial charge is 0.269 e. The van der Waals surface area contributed by atoms with Crippen molar-refractivity contribution < 1.29 is 4.79 Å². The Hall–Kier alpha value is -1.28. The van der Waals surface area contributed by atoms with Crippen LogP contribution in [0.5, 0.6) is 0 Å². The normalized spacial score (nSPS) is 9.07. The fraction of sp³-hybridized carbons (Fsp3) is 0.0833. The van der Waals surface area contributed by atoms with Gasteiger partial charge in [0, 0.05) is 9.61 Å². The molecular weight excluding hydrogens is 301 g/mol. The molecule has 1 aromatic rings. The average Bonchev–Trinajstić information content (AvgIpc) is 2.27. The molecule has 76 valence electrons. The lowest BCUT2D eigenvalue weighted by atomic mass is 10.2. The molecule has 0 atom stereocenters. The van der Waals surface area contributed by atoms with Crippen LogP contribution in [0.3, 0.4) is 0 Å². The Labute approximate surface area is 103 Å². The highest BCUT2D eigenvalue weighted by atomic mass is 127. The molecule has 3 heteroatoms. The van der Waals surface area contributed by atoms with Crippen molar-refractivity contribution >= 4 is 28.5 Å². The van der Waals surface area contributed by atoms with Crippen LogP contribution in [0.4, 0.5) is 0 Å².